The van der Waals surface area contributed by atoms with Crippen LogP contribution in [-0.4, -0.2) is 103 Å². The number of hydrogen-bond donors (Lipinski definition) is 3. The average Bonchev–Trinajstić information content (AvgIpc) is 4.17. The Morgan fingerprint density at radius 1 is 0.676 bits per heavy atom. The number of hydrogen-bond acceptors (Lipinski definition) is 9. The highest BCUT2D eigenvalue weighted by Gasteiger charge is 2.46. The molecule has 4 aliphatic heterocycles. The van der Waals surface area contributed by atoms with Gasteiger partial charge in [-0.25, -0.2) is 9.97 Å². The van der Waals surface area contributed by atoms with Crippen LogP contribution in [0.3, 0.4) is 0 Å². The van der Waals surface area contributed by atoms with Gasteiger partial charge in [0.05, 0.1) is 79.7 Å². The van der Waals surface area contributed by atoms with E-state index in [-0.39, 0.29) is 90.5 Å². The van der Waals surface area contributed by atoms with E-state index in [1.165, 1.54) is 30.7 Å². The Kier molecular flexibility index (Phi) is 14.0. The number of ether oxygens (including phenoxy) is 3. The van der Waals surface area contributed by atoms with E-state index in [2.05, 4.69) is 65.5 Å². The number of nitrogens with one attached hydrogen (secondary N) is 3. The van der Waals surface area contributed by atoms with Crippen molar-refractivity contribution >= 4 is 23.7 Å². The summed E-state index contributed by atoms with van der Waals surface area (Å²) >= 11 is 0. The van der Waals surface area contributed by atoms with Gasteiger partial charge >= 0.3 is 5.97 Å². The zero-order valence-corrected chi connectivity index (χ0v) is 41.2. The number of carbonyl (C=O) groups excluding carboxylic acids is 4. The van der Waals surface area contributed by atoms with Crippen LogP contribution in [0.1, 0.15) is 148 Å². The number of benzene rings is 2. The third kappa shape index (κ3) is 9.64. The van der Waals surface area contributed by atoms with Crippen molar-refractivity contribution in [2.45, 2.75) is 180 Å². The van der Waals surface area contributed by atoms with E-state index in [1.54, 1.807) is 0 Å². The lowest BCUT2D eigenvalue weighted by molar-refractivity contribution is -0.153. The van der Waals surface area contributed by atoms with Crippen LogP contribution < -0.4 is 5.32 Å². The van der Waals surface area contributed by atoms with E-state index in [1.807, 2.05) is 49.9 Å². The summed E-state index contributed by atoms with van der Waals surface area (Å²) in [4.78, 5) is 75.2. The van der Waals surface area contributed by atoms with Gasteiger partial charge in [0.15, 0.2) is 0 Å². The summed E-state index contributed by atoms with van der Waals surface area (Å²) in [6, 6.07) is 12.1. The fourth-order valence-corrected chi connectivity index (χ4v) is 12.8. The summed E-state index contributed by atoms with van der Waals surface area (Å²) in [5, 5.41) is 3.03. The molecule has 0 spiro atoms. The molecule has 4 fully saturated rings. The van der Waals surface area contributed by atoms with E-state index in [0.717, 1.165) is 110 Å². The first kappa shape index (κ1) is 47.7. The molecular formula is C54H71N7O7. The number of methoxy groups -OCH3 is 1. The molecule has 0 saturated carbocycles. The Balaban J connectivity index is 0.912. The number of esters is 1. The zero-order valence-electron chi connectivity index (χ0n) is 41.2. The summed E-state index contributed by atoms with van der Waals surface area (Å²) in [6.45, 7) is 13.8. The molecular weight excluding hydrogens is 859 g/mol. The van der Waals surface area contributed by atoms with Gasteiger partial charge in [-0.15, -0.1) is 0 Å². The quantitative estimate of drug-likeness (QED) is 0.117. The smallest absolute Gasteiger partial charge is 0.306 e. The van der Waals surface area contributed by atoms with Gasteiger partial charge in [-0.2, -0.15) is 0 Å². The minimum absolute atomic E-state index is 0.00413. The van der Waals surface area contributed by atoms with Gasteiger partial charge in [-0.05, 0) is 152 Å². The van der Waals surface area contributed by atoms with Crippen molar-refractivity contribution in [1.29, 1.82) is 0 Å². The van der Waals surface area contributed by atoms with E-state index in [9.17, 15) is 19.2 Å². The van der Waals surface area contributed by atoms with Crippen LogP contribution in [0, 0.1) is 17.8 Å². The maximum atomic E-state index is 14.6. The summed E-state index contributed by atoms with van der Waals surface area (Å²) in [5.74, 6) is 0.480. The lowest BCUT2D eigenvalue weighted by Crippen LogP contribution is -2.55. The Hall–Kier alpha value is -5.34. The molecule has 14 nitrogen and oxygen atoms in total. The Morgan fingerprint density at radius 3 is 1.75 bits per heavy atom. The molecule has 364 valence electrons. The van der Waals surface area contributed by atoms with Crippen molar-refractivity contribution in [3.05, 3.63) is 71.6 Å². The second kappa shape index (κ2) is 19.9. The molecule has 9 rings (SSSR count). The fourth-order valence-electron chi connectivity index (χ4n) is 12.8. The lowest BCUT2D eigenvalue weighted by atomic mass is 9.79. The number of H-pyrrole nitrogens is 2. The fraction of sp³-hybridized carbons (Fsp3) is 0.593. The third-order valence-electron chi connectivity index (χ3n) is 15.8. The van der Waals surface area contributed by atoms with Gasteiger partial charge in [0.2, 0.25) is 17.7 Å². The molecule has 4 saturated heterocycles. The minimum Gasteiger partial charge on any atom is -0.469 e. The van der Waals surface area contributed by atoms with Crippen LogP contribution >= 0.6 is 0 Å². The number of likely N-dealkylation sites (tertiary alicyclic amines) is 2. The standard InChI is InChI=1S/C54H71N7O7/c1-29-12-20-47(60(29)53(64)44(26-49(63)66-8)38-22-31(3)67-32(4)23-38)52-56-28-46(59-52)43-19-18-40(41-10-9-11-42(41)43)36-14-16-37(17-15-36)45-27-55-51(58-45)48-21-13-30(2)61(48)54(65)50(57-35(7)62)39-24-33(5)68-34(6)25-39/h14-19,27-34,38-39,44,47-48,50H,9-13,20-26H2,1-8H3,(H,55,58)(H,56,59)(H,57,62)/t29-,30-,31+,32+,33+,34+,44-,47-,48-,50-/m0/s1. The van der Waals surface area contributed by atoms with E-state index >= 15 is 0 Å². The molecule has 0 unspecified atom stereocenters. The predicted molar refractivity (Wildman–Crippen MR) is 259 cm³/mol. The molecule has 5 aliphatic rings. The van der Waals surface area contributed by atoms with Gasteiger partial charge < -0.3 is 39.3 Å². The van der Waals surface area contributed by atoms with Crippen LogP contribution in [-0.2, 0) is 46.2 Å². The number of nitrogens with zero attached hydrogens (tertiary/aromatic N) is 4. The SMILES string of the molecule is COC(=O)C[C@H](C(=O)N1[C@@H](C)CC[C@H]1c1ncc(-c2ccc(-c3ccc(-c4cnc([C@@H]5CC[C@H](C)N5C(=O)[C@@H](NC(C)=O)C5C[C@@H](C)O[C@H](C)C5)[nH]4)cc3)c3c2CCC3)[nH]1)C1C[C@@H](C)O[C@H](C)C1. The maximum absolute atomic E-state index is 14.6. The molecule has 3 amide bonds. The minimum atomic E-state index is -0.613. The average molecular weight is 930 g/mol. The lowest BCUT2D eigenvalue weighted by Gasteiger charge is -2.39. The molecule has 3 N–H and O–H groups in total. The van der Waals surface area contributed by atoms with E-state index in [0.29, 0.717) is 0 Å². The van der Waals surface area contributed by atoms with Gasteiger partial charge in [0.25, 0.3) is 0 Å². The number of carbonyl (C=O) groups is 4. The van der Waals surface area contributed by atoms with Crippen LogP contribution in [0.15, 0.2) is 48.8 Å². The second-order valence-corrected chi connectivity index (χ2v) is 20.8. The maximum Gasteiger partial charge on any atom is 0.306 e. The van der Waals surface area contributed by atoms with Gasteiger partial charge in [0, 0.05) is 24.6 Å². The molecule has 10 atom stereocenters. The number of rotatable bonds is 12. The Morgan fingerprint density at radius 2 is 1.18 bits per heavy atom. The van der Waals surface area contributed by atoms with Crippen LogP contribution in [0.5, 0.6) is 0 Å². The predicted octanol–water partition coefficient (Wildman–Crippen LogP) is 8.82. The Labute approximate surface area is 401 Å². The first-order valence-corrected chi connectivity index (χ1v) is 25.3. The summed E-state index contributed by atoms with van der Waals surface area (Å²) in [7, 11) is 1.39. The third-order valence-corrected chi connectivity index (χ3v) is 15.8. The summed E-state index contributed by atoms with van der Waals surface area (Å²) in [5.41, 5.74) is 9.07. The van der Waals surface area contributed by atoms with E-state index in [4.69, 9.17) is 24.2 Å². The number of imidazole rings is 2. The molecule has 2 aromatic carbocycles. The highest BCUT2D eigenvalue weighted by Crippen LogP contribution is 2.44. The first-order valence-electron chi connectivity index (χ1n) is 25.3. The molecule has 14 heteroatoms. The molecule has 6 heterocycles. The van der Waals surface area contributed by atoms with Crippen LogP contribution in [0.2, 0.25) is 0 Å². The van der Waals surface area contributed by atoms with E-state index < -0.39 is 12.0 Å². The van der Waals surface area contributed by atoms with Crippen molar-refractivity contribution in [3.63, 3.8) is 0 Å². The highest BCUT2D eigenvalue weighted by atomic mass is 16.5. The molecule has 2 aromatic heterocycles. The highest BCUT2D eigenvalue weighted by molar-refractivity contribution is 5.88. The van der Waals surface area contributed by atoms with Crippen molar-refractivity contribution in [2.75, 3.05) is 7.11 Å². The van der Waals surface area contributed by atoms with Crippen molar-refractivity contribution in [3.8, 4) is 33.6 Å². The normalized spacial score (nSPS) is 29.1. The largest absolute Gasteiger partial charge is 0.469 e. The van der Waals surface area contributed by atoms with Crippen LogP contribution in [0.4, 0.5) is 0 Å². The molecule has 0 bridgehead atoms. The number of fused-ring (bicyclic) bond motifs is 1. The molecule has 4 aromatic rings. The van der Waals surface area contributed by atoms with Gasteiger partial charge in [-0.3, -0.25) is 19.2 Å². The summed E-state index contributed by atoms with van der Waals surface area (Å²) < 4.78 is 17.1. The molecule has 68 heavy (non-hydrogen) atoms. The van der Waals surface area contributed by atoms with Gasteiger partial charge in [0.1, 0.15) is 17.7 Å². The zero-order chi connectivity index (χ0) is 48.0. The number of amides is 3. The van der Waals surface area contributed by atoms with Crippen molar-refractivity contribution < 1.29 is 33.4 Å². The van der Waals surface area contributed by atoms with Crippen molar-refractivity contribution in [1.82, 2.24) is 35.1 Å². The number of aromatic nitrogens is 4. The monoisotopic (exact) mass is 930 g/mol. The first-order chi connectivity index (χ1) is 32.7. The summed E-state index contributed by atoms with van der Waals surface area (Å²) in [6.07, 6.45) is 13.2. The Bertz CT molecular complexity index is 2460. The number of aromatic amines is 2. The molecule has 0 radical (unpaired) electrons. The molecule has 1 aliphatic carbocycles. The van der Waals surface area contributed by atoms with Crippen molar-refractivity contribution in [2.24, 2.45) is 17.8 Å². The topological polar surface area (TPSA) is 172 Å². The van der Waals surface area contributed by atoms with Crippen LogP contribution in [0.25, 0.3) is 33.6 Å². The second-order valence-electron chi connectivity index (χ2n) is 20.8. The van der Waals surface area contributed by atoms with Gasteiger partial charge in [-0.1, -0.05) is 36.4 Å².